The lowest BCUT2D eigenvalue weighted by molar-refractivity contribution is -0.209. The van der Waals surface area contributed by atoms with Crippen molar-refractivity contribution in [1.29, 1.82) is 0 Å². The van der Waals surface area contributed by atoms with Gasteiger partial charge < -0.3 is 30.5 Å². The van der Waals surface area contributed by atoms with Gasteiger partial charge in [-0.1, -0.05) is 91.0 Å². The van der Waals surface area contributed by atoms with Crippen LogP contribution in [0.5, 0.6) is 0 Å². The van der Waals surface area contributed by atoms with Crippen molar-refractivity contribution in [3.05, 3.63) is 108 Å². The standard InChI is InChI=1S/C34H35N5O10/c35-31(36)37-20-10-19-34(29(42)46-21-24-11-4-1-5-12-24,30(43)49-39-27(40)17-18-28(39)41)38(32(44)47-22-25-13-6-2-7-14-25)33(45)48-23-26-15-8-3-9-16-26/h1-9,11-16H,10,17-23H2,(H4,35,36,37)/t34-/m1/s1. The molecule has 3 aromatic rings. The maximum Gasteiger partial charge on any atom is 0.421 e. The van der Waals surface area contributed by atoms with E-state index in [0.717, 1.165) is 0 Å². The first-order chi connectivity index (χ1) is 23.6. The van der Waals surface area contributed by atoms with Gasteiger partial charge >= 0.3 is 24.1 Å². The molecule has 1 fully saturated rings. The summed E-state index contributed by atoms with van der Waals surface area (Å²) in [4.78, 5) is 90.7. The highest BCUT2D eigenvalue weighted by atomic mass is 16.7. The second-order valence-corrected chi connectivity index (χ2v) is 10.7. The topological polar surface area (TPSA) is 210 Å². The number of esters is 1. The Labute approximate surface area is 281 Å². The van der Waals surface area contributed by atoms with Crippen LogP contribution in [-0.2, 0) is 58.0 Å². The molecule has 49 heavy (non-hydrogen) atoms. The Hall–Kier alpha value is -6.25. The van der Waals surface area contributed by atoms with Gasteiger partial charge in [0, 0.05) is 19.4 Å². The van der Waals surface area contributed by atoms with Crippen LogP contribution in [0.4, 0.5) is 9.59 Å². The number of guanidine groups is 1. The van der Waals surface area contributed by atoms with Gasteiger partial charge in [-0.15, -0.1) is 5.06 Å². The van der Waals surface area contributed by atoms with E-state index in [4.69, 9.17) is 30.5 Å². The Balaban J connectivity index is 1.81. The van der Waals surface area contributed by atoms with E-state index in [1.165, 1.54) is 0 Å². The summed E-state index contributed by atoms with van der Waals surface area (Å²) in [5.41, 5.74) is 9.42. The Kier molecular flexibility index (Phi) is 12.4. The molecule has 1 heterocycles. The summed E-state index contributed by atoms with van der Waals surface area (Å²) in [7, 11) is 0. The Morgan fingerprint density at radius 1 is 0.673 bits per heavy atom. The zero-order valence-electron chi connectivity index (χ0n) is 26.4. The maximum atomic E-state index is 14.3. The highest BCUT2D eigenvalue weighted by Crippen LogP contribution is 2.31. The number of aliphatic imine (C=N–C) groups is 1. The van der Waals surface area contributed by atoms with Gasteiger partial charge in [0.2, 0.25) is 0 Å². The first-order valence-corrected chi connectivity index (χ1v) is 15.2. The number of rotatable bonds is 14. The molecule has 1 atom stereocenters. The molecular weight excluding hydrogens is 638 g/mol. The molecule has 0 aromatic heterocycles. The third kappa shape index (κ3) is 9.41. The molecular formula is C34H35N5O10. The number of hydroxylamine groups is 2. The number of nitrogens with zero attached hydrogens (tertiary/aromatic N) is 3. The van der Waals surface area contributed by atoms with Gasteiger partial charge in [-0.05, 0) is 29.5 Å². The minimum Gasteiger partial charge on any atom is -0.459 e. The molecule has 0 bridgehead atoms. The van der Waals surface area contributed by atoms with E-state index in [2.05, 4.69) is 4.99 Å². The van der Waals surface area contributed by atoms with E-state index in [1.807, 2.05) is 0 Å². The molecule has 3 aromatic carbocycles. The second kappa shape index (κ2) is 17.1. The van der Waals surface area contributed by atoms with Crippen LogP contribution in [-0.4, -0.2) is 63.9 Å². The van der Waals surface area contributed by atoms with Crippen LogP contribution < -0.4 is 11.5 Å². The number of carbonyl (C=O) groups is 6. The molecule has 4 N–H and O–H groups in total. The zero-order chi connectivity index (χ0) is 35.2. The Bertz CT molecular complexity index is 1590. The molecule has 0 unspecified atom stereocenters. The van der Waals surface area contributed by atoms with Crippen LogP contribution in [0.2, 0.25) is 0 Å². The van der Waals surface area contributed by atoms with Crippen LogP contribution in [0, 0.1) is 0 Å². The van der Waals surface area contributed by atoms with Crippen LogP contribution >= 0.6 is 0 Å². The summed E-state index contributed by atoms with van der Waals surface area (Å²) >= 11 is 0. The van der Waals surface area contributed by atoms with Gasteiger partial charge in [0.25, 0.3) is 17.4 Å². The first kappa shape index (κ1) is 35.6. The fourth-order valence-corrected chi connectivity index (χ4v) is 4.74. The lowest BCUT2D eigenvalue weighted by Gasteiger charge is -2.37. The molecule has 0 saturated carbocycles. The second-order valence-electron chi connectivity index (χ2n) is 10.7. The predicted molar refractivity (Wildman–Crippen MR) is 171 cm³/mol. The van der Waals surface area contributed by atoms with Crippen molar-refractivity contribution < 1.29 is 47.8 Å². The highest BCUT2D eigenvalue weighted by molar-refractivity contribution is 6.12. The zero-order valence-corrected chi connectivity index (χ0v) is 26.4. The van der Waals surface area contributed by atoms with Gasteiger partial charge in [-0.25, -0.2) is 19.2 Å². The summed E-state index contributed by atoms with van der Waals surface area (Å²) in [6, 6.07) is 25.1. The Morgan fingerprint density at radius 3 is 1.53 bits per heavy atom. The molecule has 4 rings (SSSR count). The average Bonchev–Trinajstić information content (AvgIpc) is 3.43. The summed E-state index contributed by atoms with van der Waals surface area (Å²) in [6.45, 7) is -1.36. The minimum atomic E-state index is -3.02. The van der Waals surface area contributed by atoms with E-state index in [9.17, 15) is 28.8 Å². The number of hydrogen-bond donors (Lipinski definition) is 2. The van der Waals surface area contributed by atoms with Crippen molar-refractivity contribution in [1.82, 2.24) is 9.96 Å². The molecule has 0 spiro atoms. The smallest absolute Gasteiger partial charge is 0.421 e. The van der Waals surface area contributed by atoms with Crippen molar-refractivity contribution in [3.8, 4) is 0 Å². The number of imide groups is 2. The summed E-state index contributed by atoms with van der Waals surface area (Å²) in [5.74, 6) is -5.18. The third-order valence-corrected chi connectivity index (χ3v) is 7.22. The maximum absolute atomic E-state index is 14.3. The van der Waals surface area contributed by atoms with Crippen LogP contribution in [0.25, 0.3) is 0 Å². The van der Waals surface area contributed by atoms with Gasteiger partial charge in [-0.2, -0.15) is 4.90 Å². The quantitative estimate of drug-likeness (QED) is 0.0481. The van der Waals surface area contributed by atoms with Gasteiger partial charge in [0.1, 0.15) is 19.8 Å². The van der Waals surface area contributed by atoms with E-state index < -0.39 is 54.5 Å². The number of hydrogen-bond acceptors (Lipinski definition) is 11. The highest BCUT2D eigenvalue weighted by Gasteiger charge is 2.61. The molecule has 0 radical (unpaired) electrons. The fraction of sp³-hybridized carbons (Fsp3) is 0.265. The van der Waals surface area contributed by atoms with E-state index in [0.29, 0.717) is 16.7 Å². The SMILES string of the molecule is NC(N)=NCCC[C@@](C(=O)OCc1ccccc1)(C(=O)ON1C(=O)CCC1=O)N(C(=O)OCc1ccccc1)C(=O)OCc1ccccc1. The minimum absolute atomic E-state index is 0.148. The van der Waals surface area contributed by atoms with Gasteiger partial charge in [0.05, 0.1) is 0 Å². The molecule has 15 nitrogen and oxygen atoms in total. The van der Waals surface area contributed by atoms with Crippen molar-refractivity contribution in [3.63, 3.8) is 0 Å². The van der Waals surface area contributed by atoms with Gasteiger partial charge in [-0.3, -0.25) is 14.6 Å². The fourth-order valence-electron chi connectivity index (χ4n) is 4.74. The van der Waals surface area contributed by atoms with Crippen molar-refractivity contribution >= 4 is 41.9 Å². The molecule has 1 aliphatic heterocycles. The summed E-state index contributed by atoms with van der Waals surface area (Å²) < 4.78 is 16.4. The molecule has 1 saturated heterocycles. The molecule has 256 valence electrons. The largest absolute Gasteiger partial charge is 0.459 e. The lowest BCUT2D eigenvalue weighted by Crippen LogP contribution is -2.66. The third-order valence-electron chi connectivity index (χ3n) is 7.22. The lowest BCUT2D eigenvalue weighted by atomic mass is 9.91. The molecule has 0 aliphatic carbocycles. The number of amides is 4. The van der Waals surface area contributed by atoms with Gasteiger partial charge in [0.15, 0.2) is 5.96 Å². The Morgan fingerprint density at radius 2 is 1.10 bits per heavy atom. The number of ether oxygens (including phenoxy) is 3. The van der Waals surface area contributed by atoms with Crippen molar-refractivity contribution in [2.45, 2.75) is 51.0 Å². The monoisotopic (exact) mass is 673 g/mol. The van der Waals surface area contributed by atoms with Crippen LogP contribution in [0.3, 0.4) is 0 Å². The van der Waals surface area contributed by atoms with Crippen LogP contribution in [0.1, 0.15) is 42.4 Å². The molecule has 15 heteroatoms. The van der Waals surface area contributed by atoms with Crippen molar-refractivity contribution in [2.24, 2.45) is 16.5 Å². The van der Waals surface area contributed by atoms with E-state index >= 15 is 0 Å². The summed E-state index contributed by atoms with van der Waals surface area (Å²) in [5, 5.41) is 0.181. The van der Waals surface area contributed by atoms with E-state index in [1.54, 1.807) is 91.0 Å². The predicted octanol–water partition coefficient (Wildman–Crippen LogP) is 3.11. The average molecular weight is 674 g/mol. The molecule has 4 amide bonds. The number of carbonyl (C=O) groups excluding carboxylic acids is 6. The number of benzene rings is 3. The molecule has 1 aliphatic rings. The van der Waals surface area contributed by atoms with E-state index in [-0.39, 0.29) is 54.9 Å². The summed E-state index contributed by atoms with van der Waals surface area (Å²) in [6.07, 6.45) is -4.45. The van der Waals surface area contributed by atoms with Crippen molar-refractivity contribution in [2.75, 3.05) is 6.54 Å². The normalized spacial score (nSPS) is 13.5. The van der Waals surface area contributed by atoms with Crippen LogP contribution in [0.15, 0.2) is 96.0 Å². The first-order valence-electron chi connectivity index (χ1n) is 15.2. The number of nitrogens with two attached hydrogens (primary N) is 2.